The number of aromatic nitrogens is 1. The third-order valence-electron chi connectivity index (χ3n) is 4.54. The van der Waals surface area contributed by atoms with Crippen molar-refractivity contribution in [3.63, 3.8) is 0 Å². The van der Waals surface area contributed by atoms with E-state index >= 15 is 0 Å². The van der Waals surface area contributed by atoms with E-state index in [1.165, 1.54) is 47.0 Å². The molecule has 0 unspecified atom stereocenters. The molecule has 1 heterocycles. The van der Waals surface area contributed by atoms with Crippen LogP contribution in [0.4, 0.5) is 4.39 Å². The van der Waals surface area contributed by atoms with E-state index in [1.807, 2.05) is 0 Å². The van der Waals surface area contributed by atoms with Gasteiger partial charge >= 0.3 is 0 Å². The van der Waals surface area contributed by atoms with Gasteiger partial charge in [0.15, 0.2) is 0 Å². The molecule has 1 aromatic heterocycles. The number of rotatable bonds is 3. The van der Waals surface area contributed by atoms with Crippen molar-refractivity contribution < 1.29 is 24.2 Å². The zero-order valence-corrected chi connectivity index (χ0v) is 15.4. The number of aromatic hydroxyl groups is 2. The molecule has 0 bridgehead atoms. The summed E-state index contributed by atoms with van der Waals surface area (Å²) in [7, 11) is 0. The molecule has 8 heteroatoms. The van der Waals surface area contributed by atoms with Gasteiger partial charge in [-0.25, -0.2) is 4.39 Å². The lowest BCUT2D eigenvalue weighted by Crippen LogP contribution is -2.01. The SMILES string of the molecule is O=C(N=NC(=O)c1ccccc1F)c1ccc(-n2c(O)c3ccccc3c2O)cc1. The highest BCUT2D eigenvalue weighted by Gasteiger charge is 2.17. The Bertz CT molecular complexity index is 1270. The maximum atomic E-state index is 13.6. The highest BCUT2D eigenvalue weighted by atomic mass is 19.1. The summed E-state index contributed by atoms with van der Waals surface area (Å²) in [5, 5.41) is 28.4. The highest BCUT2D eigenvalue weighted by Crippen LogP contribution is 2.38. The predicted octanol–water partition coefficient (Wildman–Crippen LogP) is 4.61. The summed E-state index contributed by atoms with van der Waals surface area (Å²) in [6.45, 7) is 0. The summed E-state index contributed by atoms with van der Waals surface area (Å²) in [5.74, 6) is -2.80. The molecule has 4 rings (SSSR count). The molecule has 2 N–H and O–H groups in total. The van der Waals surface area contributed by atoms with E-state index in [0.717, 1.165) is 6.07 Å². The molecule has 30 heavy (non-hydrogen) atoms. The zero-order valence-electron chi connectivity index (χ0n) is 15.4. The minimum Gasteiger partial charge on any atom is -0.494 e. The van der Waals surface area contributed by atoms with Crippen molar-refractivity contribution in [2.24, 2.45) is 10.2 Å². The minimum atomic E-state index is -0.966. The second kappa shape index (κ2) is 7.59. The predicted molar refractivity (Wildman–Crippen MR) is 107 cm³/mol. The van der Waals surface area contributed by atoms with Gasteiger partial charge in [0.1, 0.15) is 5.82 Å². The smallest absolute Gasteiger partial charge is 0.298 e. The maximum Gasteiger partial charge on any atom is 0.298 e. The van der Waals surface area contributed by atoms with Crippen LogP contribution in [0.15, 0.2) is 83.0 Å². The molecule has 0 saturated heterocycles. The Hall–Kier alpha value is -4.33. The first-order valence-corrected chi connectivity index (χ1v) is 8.84. The van der Waals surface area contributed by atoms with E-state index in [0.29, 0.717) is 16.5 Å². The van der Waals surface area contributed by atoms with Crippen LogP contribution in [0.3, 0.4) is 0 Å². The molecule has 4 aromatic rings. The van der Waals surface area contributed by atoms with Gasteiger partial charge in [0.2, 0.25) is 11.8 Å². The van der Waals surface area contributed by atoms with Gasteiger partial charge in [-0.05, 0) is 48.5 Å². The number of hydrogen-bond acceptors (Lipinski definition) is 4. The number of fused-ring (bicyclic) bond motifs is 1. The molecule has 0 spiro atoms. The Morgan fingerprint density at radius 2 is 1.27 bits per heavy atom. The van der Waals surface area contributed by atoms with E-state index < -0.39 is 17.6 Å². The second-order valence-corrected chi connectivity index (χ2v) is 6.37. The minimum absolute atomic E-state index is 0.125. The first-order valence-electron chi connectivity index (χ1n) is 8.84. The molecule has 0 aliphatic rings. The fraction of sp³-hybridized carbons (Fsp3) is 0. The molecule has 7 nitrogen and oxygen atoms in total. The molecule has 148 valence electrons. The van der Waals surface area contributed by atoms with Gasteiger partial charge in [0.25, 0.3) is 11.8 Å². The van der Waals surface area contributed by atoms with Crippen molar-refractivity contribution in [3.05, 3.63) is 89.7 Å². The summed E-state index contributed by atoms with van der Waals surface area (Å²) in [6.07, 6.45) is 0. The van der Waals surface area contributed by atoms with E-state index in [1.54, 1.807) is 24.3 Å². The van der Waals surface area contributed by atoms with Crippen LogP contribution < -0.4 is 0 Å². The summed E-state index contributed by atoms with van der Waals surface area (Å²) >= 11 is 0. The fourth-order valence-electron chi connectivity index (χ4n) is 3.05. The van der Waals surface area contributed by atoms with Crippen LogP contribution in [0.5, 0.6) is 11.8 Å². The Balaban J connectivity index is 1.58. The van der Waals surface area contributed by atoms with Crippen LogP contribution in [0.1, 0.15) is 20.7 Å². The zero-order chi connectivity index (χ0) is 21.3. The van der Waals surface area contributed by atoms with Crippen LogP contribution in [0.25, 0.3) is 16.5 Å². The van der Waals surface area contributed by atoms with E-state index in [9.17, 15) is 24.2 Å². The second-order valence-electron chi connectivity index (χ2n) is 6.37. The highest BCUT2D eigenvalue weighted by molar-refractivity contribution is 5.99. The van der Waals surface area contributed by atoms with Crippen molar-refractivity contribution in [3.8, 4) is 17.4 Å². The number of carbonyl (C=O) groups is 2. The van der Waals surface area contributed by atoms with Crippen LogP contribution >= 0.6 is 0 Å². The van der Waals surface area contributed by atoms with Crippen molar-refractivity contribution in [2.45, 2.75) is 0 Å². The van der Waals surface area contributed by atoms with Crippen LogP contribution in [-0.2, 0) is 0 Å². The van der Waals surface area contributed by atoms with E-state index in [-0.39, 0.29) is 22.9 Å². The molecular formula is C22H14FN3O4. The van der Waals surface area contributed by atoms with Crippen molar-refractivity contribution in [1.29, 1.82) is 0 Å². The number of hydrogen-bond donors (Lipinski definition) is 2. The van der Waals surface area contributed by atoms with Gasteiger partial charge in [-0.1, -0.05) is 24.3 Å². The van der Waals surface area contributed by atoms with Gasteiger partial charge in [0.05, 0.1) is 11.3 Å². The van der Waals surface area contributed by atoms with E-state index in [2.05, 4.69) is 10.2 Å². The van der Waals surface area contributed by atoms with Crippen LogP contribution in [0.2, 0.25) is 0 Å². The van der Waals surface area contributed by atoms with Gasteiger partial charge < -0.3 is 10.2 Å². The van der Waals surface area contributed by atoms with Crippen molar-refractivity contribution >= 4 is 22.6 Å². The Kier molecular flexibility index (Phi) is 4.81. The largest absolute Gasteiger partial charge is 0.494 e. The van der Waals surface area contributed by atoms with Gasteiger partial charge in [-0.2, -0.15) is 0 Å². The normalized spacial score (nSPS) is 11.2. The number of amides is 2. The Morgan fingerprint density at radius 1 is 0.733 bits per heavy atom. The fourth-order valence-corrected chi connectivity index (χ4v) is 3.05. The van der Waals surface area contributed by atoms with Crippen LogP contribution in [0, 0.1) is 5.82 Å². The molecule has 0 fully saturated rings. The lowest BCUT2D eigenvalue weighted by Gasteiger charge is -2.07. The monoisotopic (exact) mass is 403 g/mol. The average molecular weight is 403 g/mol. The number of carbonyl (C=O) groups excluding carboxylic acids is 2. The summed E-state index contributed by atoms with van der Waals surface area (Å²) in [6, 6.07) is 17.9. The summed E-state index contributed by atoms with van der Waals surface area (Å²) in [4.78, 5) is 24.1. The molecule has 3 aromatic carbocycles. The topological polar surface area (TPSA) is 104 Å². The quantitative estimate of drug-likeness (QED) is 0.487. The standard InChI is InChI=1S/C22H14FN3O4/c23-18-8-4-3-7-17(18)20(28)25-24-19(27)13-9-11-14(12-10-13)26-21(29)15-5-1-2-6-16(15)22(26)30/h1-12,29-30H. The number of benzene rings is 3. The van der Waals surface area contributed by atoms with Gasteiger partial charge in [0, 0.05) is 16.3 Å². The maximum absolute atomic E-state index is 13.6. The summed E-state index contributed by atoms with van der Waals surface area (Å²) in [5.41, 5.74) is 0.256. The molecule has 0 aliphatic heterocycles. The molecule has 0 saturated carbocycles. The van der Waals surface area contributed by atoms with Crippen LogP contribution in [-0.4, -0.2) is 26.6 Å². The first-order chi connectivity index (χ1) is 14.5. The number of halogens is 1. The van der Waals surface area contributed by atoms with Gasteiger partial charge in [-0.15, -0.1) is 10.2 Å². The van der Waals surface area contributed by atoms with E-state index in [4.69, 9.17) is 0 Å². The van der Waals surface area contributed by atoms with Gasteiger partial charge in [-0.3, -0.25) is 14.2 Å². The first kappa shape index (κ1) is 19.0. The lowest BCUT2D eigenvalue weighted by atomic mass is 10.2. The average Bonchev–Trinajstić information content (AvgIpc) is 3.02. The Labute approximate surface area is 169 Å². The number of nitrogens with zero attached hydrogens (tertiary/aromatic N) is 3. The third-order valence-corrected chi connectivity index (χ3v) is 4.54. The van der Waals surface area contributed by atoms with Crippen molar-refractivity contribution in [1.82, 2.24) is 4.57 Å². The summed E-state index contributed by atoms with van der Waals surface area (Å²) < 4.78 is 14.8. The molecule has 2 amide bonds. The third kappa shape index (κ3) is 3.30. The number of azo groups is 1. The molecule has 0 radical (unpaired) electrons. The lowest BCUT2D eigenvalue weighted by molar-refractivity contribution is 0.0944. The molecule has 0 atom stereocenters. The Morgan fingerprint density at radius 3 is 1.87 bits per heavy atom. The van der Waals surface area contributed by atoms with Crippen molar-refractivity contribution in [2.75, 3.05) is 0 Å². The molecule has 0 aliphatic carbocycles. The molecular weight excluding hydrogens is 389 g/mol.